The Balaban J connectivity index is 1.65. The van der Waals surface area contributed by atoms with Gasteiger partial charge in [-0.05, 0) is 38.1 Å². The molecule has 1 atom stereocenters. The number of carbonyl (C=O) groups excluding carboxylic acids is 1. The standard InChI is InChI=1S/C18H17FN4OS/c1-11-7-9-13(10-8-11)20-17(24)12(2)25-18-21-16(22-23-18)14-5-3-4-6-15(14)19/h3-10,12H,1-2H3,(H,20,24)(H,21,22,23)/t12-/m0/s1. The molecule has 0 spiro atoms. The fourth-order valence-electron chi connectivity index (χ4n) is 2.17. The van der Waals surface area contributed by atoms with Crippen LogP contribution in [-0.2, 0) is 4.79 Å². The Morgan fingerprint density at radius 2 is 1.92 bits per heavy atom. The molecule has 0 aliphatic rings. The summed E-state index contributed by atoms with van der Waals surface area (Å²) in [5.74, 6) is -0.182. The van der Waals surface area contributed by atoms with Crippen molar-refractivity contribution >= 4 is 23.4 Å². The second-order valence-electron chi connectivity index (χ2n) is 5.56. The molecule has 0 bridgehead atoms. The molecule has 5 nitrogen and oxygen atoms in total. The average Bonchev–Trinajstić information content (AvgIpc) is 3.05. The van der Waals surface area contributed by atoms with Crippen LogP contribution in [0.25, 0.3) is 11.4 Å². The van der Waals surface area contributed by atoms with Gasteiger partial charge in [-0.1, -0.05) is 41.6 Å². The van der Waals surface area contributed by atoms with Crippen molar-refractivity contribution in [1.29, 1.82) is 0 Å². The van der Waals surface area contributed by atoms with Gasteiger partial charge >= 0.3 is 0 Å². The molecule has 1 amide bonds. The summed E-state index contributed by atoms with van der Waals surface area (Å²) in [7, 11) is 0. The zero-order valence-electron chi connectivity index (χ0n) is 13.8. The number of benzene rings is 2. The summed E-state index contributed by atoms with van der Waals surface area (Å²) in [5.41, 5.74) is 2.21. The number of anilines is 1. The molecule has 0 fully saturated rings. The lowest BCUT2D eigenvalue weighted by molar-refractivity contribution is -0.115. The van der Waals surface area contributed by atoms with Gasteiger partial charge in [-0.15, -0.1) is 5.10 Å². The molecule has 128 valence electrons. The molecule has 0 saturated heterocycles. The third kappa shape index (κ3) is 4.24. The van der Waals surface area contributed by atoms with Gasteiger partial charge in [-0.25, -0.2) is 9.37 Å². The molecule has 7 heteroatoms. The Hall–Kier alpha value is -2.67. The van der Waals surface area contributed by atoms with Crippen molar-refractivity contribution in [2.75, 3.05) is 5.32 Å². The van der Waals surface area contributed by atoms with Gasteiger partial charge in [0, 0.05) is 5.69 Å². The second kappa shape index (κ2) is 7.48. The first-order valence-electron chi connectivity index (χ1n) is 7.74. The van der Waals surface area contributed by atoms with Gasteiger partial charge in [-0.2, -0.15) is 0 Å². The number of aryl methyl sites for hydroxylation is 1. The molecule has 1 aromatic heterocycles. The van der Waals surface area contributed by atoms with E-state index in [1.54, 1.807) is 25.1 Å². The van der Waals surface area contributed by atoms with E-state index < -0.39 is 5.25 Å². The predicted octanol–water partition coefficient (Wildman–Crippen LogP) is 4.04. The first-order chi connectivity index (χ1) is 12.0. The van der Waals surface area contributed by atoms with Crippen molar-refractivity contribution in [2.24, 2.45) is 0 Å². The maximum Gasteiger partial charge on any atom is 0.237 e. The molecule has 2 N–H and O–H groups in total. The molecule has 3 aromatic rings. The van der Waals surface area contributed by atoms with E-state index >= 15 is 0 Å². The van der Waals surface area contributed by atoms with Crippen molar-refractivity contribution in [3.05, 3.63) is 59.9 Å². The number of hydrogen-bond donors (Lipinski definition) is 2. The third-order valence-electron chi connectivity index (χ3n) is 3.56. The number of H-pyrrole nitrogens is 1. The quantitative estimate of drug-likeness (QED) is 0.677. The normalized spacial score (nSPS) is 12.0. The van der Waals surface area contributed by atoms with E-state index in [1.807, 2.05) is 31.2 Å². The number of aromatic amines is 1. The SMILES string of the molecule is Cc1ccc(NC(=O)[C@H](C)Sc2n[nH]c(-c3ccccc3F)n2)cc1. The highest BCUT2D eigenvalue weighted by atomic mass is 32.2. The minimum absolute atomic E-state index is 0.147. The highest BCUT2D eigenvalue weighted by Gasteiger charge is 2.18. The van der Waals surface area contributed by atoms with Crippen molar-refractivity contribution in [3.63, 3.8) is 0 Å². The summed E-state index contributed by atoms with van der Waals surface area (Å²) >= 11 is 1.21. The van der Waals surface area contributed by atoms with E-state index in [0.29, 0.717) is 16.5 Å². The fourth-order valence-corrected chi connectivity index (χ4v) is 2.89. The first-order valence-corrected chi connectivity index (χ1v) is 8.62. The van der Waals surface area contributed by atoms with E-state index in [-0.39, 0.29) is 11.7 Å². The smallest absolute Gasteiger partial charge is 0.237 e. The molecule has 3 rings (SSSR count). The Labute approximate surface area is 149 Å². The number of halogens is 1. The minimum atomic E-state index is -0.398. The molecule has 0 radical (unpaired) electrons. The summed E-state index contributed by atoms with van der Waals surface area (Å²) in [6.45, 7) is 3.76. The molecule has 2 aromatic carbocycles. The summed E-state index contributed by atoms with van der Waals surface area (Å²) < 4.78 is 13.8. The second-order valence-corrected chi connectivity index (χ2v) is 6.87. The Morgan fingerprint density at radius 1 is 1.20 bits per heavy atom. The maximum atomic E-state index is 13.8. The zero-order valence-corrected chi connectivity index (χ0v) is 14.6. The zero-order chi connectivity index (χ0) is 17.8. The molecule has 0 aliphatic carbocycles. The molecule has 25 heavy (non-hydrogen) atoms. The van der Waals surface area contributed by atoms with Crippen LogP contribution in [0.15, 0.2) is 53.7 Å². The molecular weight excluding hydrogens is 339 g/mol. The van der Waals surface area contributed by atoms with E-state index in [2.05, 4.69) is 20.5 Å². The molecule has 0 unspecified atom stereocenters. The molecule has 0 aliphatic heterocycles. The Morgan fingerprint density at radius 3 is 2.64 bits per heavy atom. The van der Waals surface area contributed by atoms with Crippen LogP contribution in [0.2, 0.25) is 0 Å². The van der Waals surface area contributed by atoms with Crippen LogP contribution in [0.4, 0.5) is 10.1 Å². The van der Waals surface area contributed by atoms with Crippen LogP contribution in [0.3, 0.4) is 0 Å². The number of nitrogens with one attached hydrogen (secondary N) is 2. The highest BCUT2D eigenvalue weighted by Crippen LogP contribution is 2.24. The molecule has 1 heterocycles. The van der Waals surface area contributed by atoms with Gasteiger partial charge in [0.1, 0.15) is 5.82 Å². The number of thioether (sulfide) groups is 1. The van der Waals surface area contributed by atoms with Crippen LogP contribution < -0.4 is 5.32 Å². The largest absolute Gasteiger partial charge is 0.325 e. The predicted molar refractivity (Wildman–Crippen MR) is 96.9 cm³/mol. The minimum Gasteiger partial charge on any atom is -0.325 e. The number of aromatic nitrogens is 3. The number of hydrogen-bond acceptors (Lipinski definition) is 4. The van der Waals surface area contributed by atoms with Crippen molar-refractivity contribution in [2.45, 2.75) is 24.3 Å². The topological polar surface area (TPSA) is 70.7 Å². The van der Waals surface area contributed by atoms with Gasteiger partial charge in [0.05, 0.1) is 10.8 Å². The molecule has 0 saturated carbocycles. The van der Waals surface area contributed by atoms with Crippen LogP contribution in [0.1, 0.15) is 12.5 Å². The average molecular weight is 356 g/mol. The number of amides is 1. The number of rotatable bonds is 5. The van der Waals surface area contributed by atoms with Crippen LogP contribution in [0.5, 0.6) is 0 Å². The van der Waals surface area contributed by atoms with Gasteiger partial charge in [0.25, 0.3) is 0 Å². The van der Waals surface area contributed by atoms with E-state index in [4.69, 9.17) is 0 Å². The lowest BCUT2D eigenvalue weighted by Crippen LogP contribution is -2.22. The highest BCUT2D eigenvalue weighted by molar-refractivity contribution is 8.00. The number of nitrogens with zero attached hydrogens (tertiary/aromatic N) is 2. The Bertz CT molecular complexity index is 879. The van der Waals surface area contributed by atoms with Crippen molar-refractivity contribution in [3.8, 4) is 11.4 Å². The summed E-state index contributed by atoms with van der Waals surface area (Å²) in [6, 6.07) is 13.9. The lowest BCUT2D eigenvalue weighted by atomic mass is 10.2. The van der Waals surface area contributed by atoms with E-state index in [0.717, 1.165) is 11.3 Å². The third-order valence-corrected chi connectivity index (χ3v) is 4.53. The summed E-state index contributed by atoms with van der Waals surface area (Å²) in [6.07, 6.45) is 0. The molecular formula is C18H17FN4OS. The summed E-state index contributed by atoms with van der Waals surface area (Å²) in [5, 5.41) is 9.61. The van der Waals surface area contributed by atoms with Crippen LogP contribution >= 0.6 is 11.8 Å². The number of carbonyl (C=O) groups is 1. The van der Waals surface area contributed by atoms with Gasteiger partial charge in [-0.3, -0.25) is 9.89 Å². The van der Waals surface area contributed by atoms with Gasteiger partial charge < -0.3 is 5.32 Å². The fraction of sp³-hybridized carbons (Fsp3) is 0.167. The monoisotopic (exact) mass is 356 g/mol. The van der Waals surface area contributed by atoms with Gasteiger partial charge in [0.2, 0.25) is 11.1 Å². The summed E-state index contributed by atoms with van der Waals surface area (Å²) in [4.78, 5) is 16.5. The van der Waals surface area contributed by atoms with Crippen molar-refractivity contribution < 1.29 is 9.18 Å². The van der Waals surface area contributed by atoms with E-state index in [1.165, 1.54) is 17.8 Å². The first kappa shape index (κ1) is 17.2. The van der Waals surface area contributed by atoms with Crippen LogP contribution in [0, 0.1) is 12.7 Å². The van der Waals surface area contributed by atoms with Gasteiger partial charge in [0.15, 0.2) is 5.82 Å². The van der Waals surface area contributed by atoms with E-state index in [9.17, 15) is 9.18 Å². The lowest BCUT2D eigenvalue weighted by Gasteiger charge is -2.10. The maximum absolute atomic E-state index is 13.8. The Kier molecular flexibility index (Phi) is 5.14. The van der Waals surface area contributed by atoms with Crippen molar-refractivity contribution in [1.82, 2.24) is 15.2 Å². The van der Waals surface area contributed by atoms with Crippen LogP contribution in [-0.4, -0.2) is 26.3 Å².